The normalized spacial score (nSPS) is 11.3. The van der Waals surface area contributed by atoms with Gasteiger partial charge in [0.25, 0.3) is 0 Å². The fourth-order valence-electron chi connectivity index (χ4n) is 2.16. The third-order valence-corrected chi connectivity index (χ3v) is 5.17. The molecule has 0 saturated heterocycles. The number of hydrogen-bond acceptors (Lipinski definition) is 1. The van der Waals surface area contributed by atoms with Gasteiger partial charge in [-0.25, -0.2) is 9.37 Å². The summed E-state index contributed by atoms with van der Waals surface area (Å²) in [6, 6.07) is 8.85. The number of imidazole rings is 1. The van der Waals surface area contributed by atoms with E-state index in [2.05, 4.69) is 52.8 Å². The molecule has 0 fully saturated rings. The zero-order valence-electron chi connectivity index (χ0n) is 10.4. The van der Waals surface area contributed by atoms with Crippen LogP contribution in [-0.2, 0) is 5.88 Å². The Morgan fingerprint density at radius 1 is 1.10 bits per heavy atom. The summed E-state index contributed by atoms with van der Waals surface area (Å²) in [6.45, 7) is 0. The van der Waals surface area contributed by atoms with E-state index >= 15 is 0 Å². The molecule has 0 bridgehead atoms. The smallest absolute Gasteiger partial charge is 0.139 e. The predicted molar refractivity (Wildman–Crippen MR) is 93.7 cm³/mol. The Labute approximate surface area is 150 Å². The van der Waals surface area contributed by atoms with Crippen LogP contribution in [0.3, 0.4) is 0 Å². The second-order valence-electron chi connectivity index (χ2n) is 4.32. The SMILES string of the molecule is Fc1cc2c(cc1Br)nc(CCl)n2-c1c(Br)cccc1Br. The molecule has 0 N–H and O–H groups in total. The van der Waals surface area contributed by atoms with Crippen LogP contribution in [0, 0.1) is 5.82 Å². The molecule has 3 rings (SSSR count). The van der Waals surface area contributed by atoms with Crippen LogP contribution in [0.2, 0.25) is 0 Å². The van der Waals surface area contributed by atoms with Crippen LogP contribution in [0.25, 0.3) is 16.7 Å². The summed E-state index contributed by atoms with van der Waals surface area (Å²) >= 11 is 16.3. The molecule has 21 heavy (non-hydrogen) atoms. The first-order valence-corrected chi connectivity index (χ1v) is 8.81. The summed E-state index contributed by atoms with van der Waals surface area (Å²) in [5.74, 6) is 0.534. The molecule has 0 aliphatic heterocycles. The van der Waals surface area contributed by atoms with Crippen LogP contribution >= 0.6 is 59.4 Å². The quantitative estimate of drug-likeness (QED) is 0.386. The maximum atomic E-state index is 13.9. The first-order valence-electron chi connectivity index (χ1n) is 5.89. The third kappa shape index (κ3) is 2.67. The van der Waals surface area contributed by atoms with E-state index in [-0.39, 0.29) is 11.7 Å². The average molecular weight is 497 g/mol. The molecule has 108 valence electrons. The van der Waals surface area contributed by atoms with Crippen molar-refractivity contribution >= 4 is 70.4 Å². The highest BCUT2D eigenvalue weighted by molar-refractivity contribution is 9.11. The molecule has 0 amide bonds. The predicted octanol–water partition coefficient (Wildman–Crippen LogP) is 6.19. The maximum Gasteiger partial charge on any atom is 0.139 e. The van der Waals surface area contributed by atoms with Gasteiger partial charge in [-0.2, -0.15) is 0 Å². The van der Waals surface area contributed by atoms with Gasteiger partial charge >= 0.3 is 0 Å². The lowest BCUT2D eigenvalue weighted by Crippen LogP contribution is -2.01. The van der Waals surface area contributed by atoms with Crippen LogP contribution in [0.5, 0.6) is 0 Å². The van der Waals surface area contributed by atoms with Gasteiger partial charge in [-0.15, -0.1) is 11.6 Å². The number of rotatable bonds is 2. The van der Waals surface area contributed by atoms with Gasteiger partial charge < -0.3 is 0 Å². The summed E-state index contributed by atoms with van der Waals surface area (Å²) in [5, 5.41) is 0. The van der Waals surface area contributed by atoms with Gasteiger partial charge in [-0.3, -0.25) is 4.57 Å². The minimum absolute atomic E-state index is 0.224. The number of nitrogens with zero attached hydrogens (tertiary/aromatic N) is 2. The van der Waals surface area contributed by atoms with Crippen LogP contribution in [0.15, 0.2) is 43.7 Å². The number of benzene rings is 2. The molecule has 0 unspecified atom stereocenters. The standard InChI is InChI=1S/C14H7Br3ClFN2/c15-7-2-1-3-8(16)14(7)21-12-5-10(19)9(17)4-11(12)20-13(21)6-18/h1-5H,6H2. The molecule has 7 heteroatoms. The summed E-state index contributed by atoms with van der Waals surface area (Å²) in [7, 11) is 0. The molecule has 3 aromatic rings. The highest BCUT2D eigenvalue weighted by Gasteiger charge is 2.17. The maximum absolute atomic E-state index is 13.9. The zero-order chi connectivity index (χ0) is 15.1. The minimum Gasteiger partial charge on any atom is -0.293 e. The number of alkyl halides is 1. The van der Waals surface area contributed by atoms with Crippen LogP contribution in [0.4, 0.5) is 4.39 Å². The Balaban J connectivity index is 2.43. The van der Waals surface area contributed by atoms with Gasteiger partial charge in [0.05, 0.1) is 27.1 Å². The van der Waals surface area contributed by atoms with Crippen molar-refractivity contribution in [1.82, 2.24) is 9.55 Å². The zero-order valence-corrected chi connectivity index (χ0v) is 15.9. The number of para-hydroxylation sites is 1. The molecule has 2 aromatic carbocycles. The van der Waals surface area contributed by atoms with Crippen molar-refractivity contribution < 1.29 is 4.39 Å². The lowest BCUT2D eigenvalue weighted by Gasteiger charge is -2.12. The molecule has 0 aliphatic carbocycles. The Morgan fingerprint density at radius 2 is 1.76 bits per heavy atom. The number of aromatic nitrogens is 2. The summed E-state index contributed by atoms with van der Waals surface area (Å²) in [5.41, 5.74) is 2.19. The van der Waals surface area contributed by atoms with Crippen molar-refractivity contribution in [2.75, 3.05) is 0 Å². The van der Waals surface area contributed by atoms with E-state index in [0.29, 0.717) is 21.3 Å². The van der Waals surface area contributed by atoms with Crippen molar-refractivity contribution in [3.63, 3.8) is 0 Å². The molecule has 2 nitrogen and oxygen atoms in total. The van der Waals surface area contributed by atoms with Crippen LogP contribution < -0.4 is 0 Å². The lowest BCUT2D eigenvalue weighted by atomic mass is 10.2. The van der Waals surface area contributed by atoms with Gasteiger partial charge in [0.1, 0.15) is 11.6 Å². The van der Waals surface area contributed by atoms with E-state index < -0.39 is 0 Å². The van der Waals surface area contributed by atoms with Crippen LogP contribution in [-0.4, -0.2) is 9.55 Å². The van der Waals surface area contributed by atoms with Crippen LogP contribution in [0.1, 0.15) is 5.82 Å². The van der Waals surface area contributed by atoms with Gasteiger partial charge in [-0.05, 0) is 66.0 Å². The molecule has 0 atom stereocenters. The lowest BCUT2D eigenvalue weighted by molar-refractivity contribution is 0.622. The van der Waals surface area contributed by atoms with Crippen molar-refractivity contribution in [1.29, 1.82) is 0 Å². The Hall–Kier alpha value is -0.430. The number of halogens is 5. The van der Waals surface area contributed by atoms with Crippen molar-refractivity contribution in [3.05, 3.63) is 55.4 Å². The first-order chi connectivity index (χ1) is 10.0. The van der Waals surface area contributed by atoms with E-state index in [0.717, 1.165) is 14.6 Å². The van der Waals surface area contributed by atoms with E-state index in [4.69, 9.17) is 11.6 Å². The largest absolute Gasteiger partial charge is 0.293 e. The Morgan fingerprint density at radius 3 is 2.38 bits per heavy atom. The van der Waals surface area contributed by atoms with Gasteiger partial charge in [0, 0.05) is 15.0 Å². The third-order valence-electron chi connectivity index (χ3n) is 3.05. The monoisotopic (exact) mass is 494 g/mol. The molecular weight excluding hydrogens is 490 g/mol. The van der Waals surface area contributed by atoms with E-state index in [1.807, 2.05) is 22.8 Å². The highest BCUT2D eigenvalue weighted by atomic mass is 79.9. The molecule has 0 aliphatic rings. The second kappa shape index (κ2) is 5.99. The van der Waals surface area contributed by atoms with Crippen molar-refractivity contribution in [2.45, 2.75) is 5.88 Å². The number of fused-ring (bicyclic) bond motifs is 1. The molecule has 1 aromatic heterocycles. The number of hydrogen-bond donors (Lipinski definition) is 0. The topological polar surface area (TPSA) is 17.8 Å². The Bertz CT molecular complexity index is 828. The second-order valence-corrected chi connectivity index (χ2v) is 7.15. The summed E-state index contributed by atoms with van der Waals surface area (Å²) in [4.78, 5) is 4.48. The minimum atomic E-state index is -0.340. The van der Waals surface area contributed by atoms with E-state index in [9.17, 15) is 4.39 Å². The van der Waals surface area contributed by atoms with E-state index in [1.54, 1.807) is 6.07 Å². The molecule has 0 radical (unpaired) electrons. The average Bonchev–Trinajstić information content (AvgIpc) is 2.77. The Kier molecular flexibility index (Phi) is 4.41. The summed E-state index contributed by atoms with van der Waals surface area (Å²) in [6.07, 6.45) is 0. The molecule has 0 spiro atoms. The molecule has 1 heterocycles. The fourth-order valence-corrected chi connectivity index (χ4v) is 4.03. The fraction of sp³-hybridized carbons (Fsp3) is 0.0714. The first kappa shape index (κ1) is 15.5. The highest BCUT2D eigenvalue weighted by Crippen LogP contribution is 2.34. The van der Waals surface area contributed by atoms with Gasteiger partial charge in [-0.1, -0.05) is 6.07 Å². The van der Waals surface area contributed by atoms with Crippen molar-refractivity contribution in [3.8, 4) is 5.69 Å². The molecule has 0 saturated carbocycles. The van der Waals surface area contributed by atoms with Gasteiger partial charge in [0.15, 0.2) is 0 Å². The van der Waals surface area contributed by atoms with E-state index in [1.165, 1.54) is 6.07 Å². The van der Waals surface area contributed by atoms with Gasteiger partial charge in [0.2, 0.25) is 0 Å². The summed E-state index contributed by atoms with van der Waals surface area (Å²) < 4.78 is 17.9. The van der Waals surface area contributed by atoms with Crippen molar-refractivity contribution in [2.24, 2.45) is 0 Å². The molecular formula is C14H7Br3ClFN2.